The lowest BCUT2D eigenvalue weighted by Gasteiger charge is -2.28. The number of aliphatic imine (C=N–C) groups is 1. The van der Waals surface area contributed by atoms with Crippen LogP contribution in [0.4, 0.5) is 22.0 Å². The van der Waals surface area contributed by atoms with Crippen LogP contribution >= 0.6 is 0 Å². The summed E-state index contributed by atoms with van der Waals surface area (Å²) < 4.78 is 76.4. The van der Waals surface area contributed by atoms with Crippen molar-refractivity contribution in [2.45, 2.75) is 18.6 Å². The molecule has 0 aliphatic carbocycles. The lowest BCUT2D eigenvalue weighted by molar-refractivity contribution is -0.146. The molecule has 1 heterocycles. The molecule has 0 spiro atoms. The zero-order chi connectivity index (χ0) is 15.9. The van der Waals surface area contributed by atoms with E-state index < -0.39 is 52.3 Å². The minimum atomic E-state index is -2.30. The molecule has 4 nitrogen and oxygen atoms in total. The molecule has 0 saturated carbocycles. The van der Waals surface area contributed by atoms with Crippen LogP contribution < -0.4 is 0 Å². The molecule has 9 heteroatoms. The van der Waals surface area contributed by atoms with E-state index in [0.717, 1.165) is 14.0 Å². The Balaban J connectivity index is 2.69. The summed E-state index contributed by atoms with van der Waals surface area (Å²) in [4.78, 5) is 15.0. The molecule has 0 aromatic heterocycles. The van der Waals surface area contributed by atoms with E-state index in [1.54, 1.807) is 0 Å². The maximum absolute atomic E-state index is 13.8. The van der Waals surface area contributed by atoms with Crippen molar-refractivity contribution < 1.29 is 36.2 Å². The molecule has 1 aromatic rings. The molecule has 21 heavy (non-hydrogen) atoms. The molecular formula is C12H8F5NO3. The van der Waals surface area contributed by atoms with E-state index in [-0.39, 0.29) is 0 Å². The van der Waals surface area contributed by atoms with Gasteiger partial charge >= 0.3 is 5.97 Å². The monoisotopic (exact) mass is 309 g/mol. The van der Waals surface area contributed by atoms with Crippen LogP contribution in [0.15, 0.2) is 4.99 Å². The Morgan fingerprint density at radius 1 is 1.14 bits per heavy atom. The lowest BCUT2D eigenvalue weighted by Crippen LogP contribution is -2.42. The number of carbonyl (C=O) groups excluding carboxylic acids is 1. The molecule has 0 radical (unpaired) electrons. The number of ether oxygens (including phenoxy) is 2. The van der Waals surface area contributed by atoms with Crippen molar-refractivity contribution in [2.75, 3.05) is 7.11 Å². The highest BCUT2D eigenvalue weighted by Crippen LogP contribution is 2.39. The maximum Gasteiger partial charge on any atom is 0.335 e. The number of methoxy groups -OCH3 is 1. The van der Waals surface area contributed by atoms with E-state index in [4.69, 9.17) is 4.74 Å². The Morgan fingerprint density at radius 2 is 1.62 bits per heavy atom. The van der Waals surface area contributed by atoms with Crippen molar-refractivity contribution >= 4 is 12.4 Å². The van der Waals surface area contributed by atoms with Crippen molar-refractivity contribution in [3.63, 3.8) is 0 Å². The molecule has 1 aliphatic rings. The second-order valence-electron chi connectivity index (χ2n) is 4.35. The second-order valence-corrected chi connectivity index (χ2v) is 4.35. The minimum absolute atomic E-state index is 0.694. The predicted molar refractivity (Wildman–Crippen MR) is 59.0 cm³/mol. The van der Waals surface area contributed by atoms with Gasteiger partial charge in [-0.05, 0) is 6.92 Å². The van der Waals surface area contributed by atoms with Crippen LogP contribution in [0.3, 0.4) is 0 Å². The van der Waals surface area contributed by atoms with Gasteiger partial charge in [-0.25, -0.2) is 31.7 Å². The fourth-order valence-electron chi connectivity index (χ4n) is 2.04. The Labute approximate surface area is 115 Å². The lowest BCUT2D eigenvalue weighted by atomic mass is 9.87. The number of esters is 1. The van der Waals surface area contributed by atoms with Gasteiger partial charge in [-0.2, -0.15) is 0 Å². The molecular weight excluding hydrogens is 301 g/mol. The Kier molecular flexibility index (Phi) is 3.60. The largest absolute Gasteiger partial charge is 0.470 e. The van der Waals surface area contributed by atoms with E-state index in [2.05, 4.69) is 9.73 Å². The van der Waals surface area contributed by atoms with Crippen LogP contribution in [-0.4, -0.2) is 25.5 Å². The summed E-state index contributed by atoms with van der Waals surface area (Å²) in [5, 5.41) is 0. The number of halogens is 5. The van der Waals surface area contributed by atoms with Gasteiger partial charge in [0.15, 0.2) is 41.3 Å². The fraction of sp³-hybridized carbons (Fsp3) is 0.333. The Morgan fingerprint density at radius 3 is 2.10 bits per heavy atom. The molecule has 2 atom stereocenters. The summed E-state index contributed by atoms with van der Waals surface area (Å²) in [7, 11) is 0.981. The molecule has 114 valence electrons. The normalized spacial score (nSPS) is 24.0. The summed E-state index contributed by atoms with van der Waals surface area (Å²) in [6, 6.07) is -1.60. The molecule has 0 saturated heterocycles. The number of hydrogen-bond acceptors (Lipinski definition) is 4. The third-order valence-electron chi connectivity index (χ3n) is 3.16. The predicted octanol–water partition coefficient (Wildman–Crippen LogP) is 2.20. The van der Waals surface area contributed by atoms with E-state index in [9.17, 15) is 26.7 Å². The van der Waals surface area contributed by atoms with Gasteiger partial charge in [0.25, 0.3) is 0 Å². The third kappa shape index (κ3) is 2.03. The fourth-order valence-corrected chi connectivity index (χ4v) is 2.04. The van der Waals surface area contributed by atoms with E-state index >= 15 is 0 Å². The maximum atomic E-state index is 13.8. The van der Waals surface area contributed by atoms with Crippen LogP contribution in [0.25, 0.3) is 0 Å². The highest BCUT2D eigenvalue weighted by molar-refractivity contribution is 5.81. The molecule has 0 N–H and O–H groups in total. The number of rotatable bonds is 2. The van der Waals surface area contributed by atoms with Crippen LogP contribution in [0, 0.1) is 29.1 Å². The quantitative estimate of drug-likeness (QED) is 0.364. The smallest absolute Gasteiger partial charge is 0.335 e. The highest BCUT2D eigenvalue weighted by atomic mass is 19.2. The standard InChI is InChI=1S/C12H8F5NO3/c1-12(10(11(19)20-2)18-3-21-12)4-5(13)7(15)9(17)8(16)6(4)14/h3,10H,1-2H3/t10-,12+/m1/s1. The number of benzene rings is 1. The van der Waals surface area contributed by atoms with E-state index in [1.165, 1.54) is 0 Å². The van der Waals surface area contributed by atoms with Gasteiger partial charge in [0.05, 0.1) is 12.7 Å². The summed E-state index contributed by atoms with van der Waals surface area (Å²) in [6.45, 7) is 0.972. The van der Waals surface area contributed by atoms with Crippen LogP contribution in [-0.2, 0) is 19.9 Å². The molecule has 0 amide bonds. The van der Waals surface area contributed by atoms with E-state index in [0.29, 0.717) is 6.40 Å². The van der Waals surface area contributed by atoms with Gasteiger partial charge in [-0.15, -0.1) is 0 Å². The molecule has 1 aliphatic heterocycles. The van der Waals surface area contributed by atoms with Crippen LogP contribution in [0.5, 0.6) is 0 Å². The Bertz CT molecular complexity index is 619. The van der Waals surface area contributed by atoms with Gasteiger partial charge < -0.3 is 9.47 Å². The number of hydrogen-bond donors (Lipinski definition) is 0. The Hall–Kier alpha value is -2.19. The molecule has 0 bridgehead atoms. The van der Waals surface area contributed by atoms with Crippen molar-refractivity contribution in [1.29, 1.82) is 0 Å². The van der Waals surface area contributed by atoms with Gasteiger partial charge in [0, 0.05) is 0 Å². The van der Waals surface area contributed by atoms with Crippen molar-refractivity contribution in [3.05, 3.63) is 34.6 Å². The van der Waals surface area contributed by atoms with E-state index in [1.807, 2.05) is 0 Å². The first-order chi connectivity index (χ1) is 9.75. The summed E-state index contributed by atoms with van der Waals surface area (Å²) >= 11 is 0. The first kappa shape index (κ1) is 15.2. The average molecular weight is 309 g/mol. The zero-order valence-corrected chi connectivity index (χ0v) is 10.7. The topological polar surface area (TPSA) is 47.9 Å². The first-order valence-corrected chi connectivity index (χ1v) is 5.54. The van der Waals surface area contributed by atoms with Gasteiger partial charge in [0.1, 0.15) is 0 Å². The summed E-state index contributed by atoms with van der Waals surface area (Å²) in [5.74, 6) is -11.8. The van der Waals surface area contributed by atoms with Gasteiger partial charge in [-0.1, -0.05) is 0 Å². The number of carbonyl (C=O) groups is 1. The summed E-state index contributed by atoms with van der Waals surface area (Å²) in [6.07, 6.45) is 0.694. The molecule has 0 fully saturated rings. The third-order valence-corrected chi connectivity index (χ3v) is 3.16. The van der Waals surface area contributed by atoms with Gasteiger partial charge in [0.2, 0.25) is 5.82 Å². The number of nitrogens with zero attached hydrogens (tertiary/aromatic N) is 1. The highest BCUT2D eigenvalue weighted by Gasteiger charge is 2.51. The molecule has 0 unspecified atom stereocenters. The SMILES string of the molecule is COC(=O)[C@H]1N=CO[C@@]1(C)c1c(F)c(F)c(F)c(F)c1F. The second kappa shape index (κ2) is 4.97. The average Bonchev–Trinajstić information content (AvgIpc) is 2.84. The zero-order valence-electron chi connectivity index (χ0n) is 10.7. The summed E-state index contributed by atoms with van der Waals surface area (Å²) in [5.41, 5.74) is -3.50. The first-order valence-electron chi connectivity index (χ1n) is 5.54. The van der Waals surface area contributed by atoms with Crippen LogP contribution in [0.1, 0.15) is 12.5 Å². The van der Waals surface area contributed by atoms with Crippen molar-refractivity contribution in [2.24, 2.45) is 4.99 Å². The molecule has 1 aromatic carbocycles. The minimum Gasteiger partial charge on any atom is -0.470 e. The molecule has 2 rings (SSSR count). The van der Waals surface area contributed by atoms with Crippen molar-refractivity contribution in [3.8, 4) is 0 Å². The van der Waals surface area contributed by atoms with Gasteiger partial charge in [-0.3, -0.25) is 0 Å². The van der Waals surface area contributed by atoms with Crippen molar-refractivity contribution in [1.82, 2.24) is 0 Å². The van der Waals surface area contributed by atoms with Crippen LogP contribution in [0.2, 0.25) is 0 Å².